The lowest BCUT2D eigenvalue weighted by atomic mass is 9.98. The number of rotatable bonds is 6. The van der Waals surface area contributed by atoms with Crippen LogP contribution in [0.15, 0.2) is 54.9 Å². The first kappa shape index (κ1) is 18.8. The van der Waals surface area contributed by atoms with Gasteiger partial charge in [-0.25, -0.2) is 4.39 Å². The smallest absolute Gasteiger partial charge is 0.142 e. The molecule has 6 heteroatoms. The van der Waals surface area contributed by atoms with Crippen molar-refractivity contribution in [2.45, 2.75) is 6.10 Å². The van der Waals surface area contributed by atoms with Gasteiger partial charge in [-0.2, -0.15) is 0 Å². The maximum atomic E-state index is 13.8. The first-order valence-electron chi connectivity index (χ1n) is 9.44. The summed E-state index contributed by atoms with van der Waals surface area (Å²) in [6, 6.07) is 13.2. The summed E-state index contributed by atoms with van der Waals surface area (Å²) in [5.41, 5.74) is 1.43. The summed E-state index contributed by atoms with van der Waals surface area (Å²) in [7, 11) is 0. The van der Waals surface area contributed by atoms with Crippen LogP contribution in [0.1, 0.15) is 0 Å². The monoisotopic (exact) mass is 382 g/mol. The molecular formula is C22H23FN2O3. The fraction of sp³-hybridized carbons (Fsp3) is 0.318. The number of pyridine rings is 1. The van der Waals surface area contributed by atoms with Gasteiger partial charge in [0.25, 0.3) is 0 Å². The van der Waals surface area contributed by atoms with Gasteiger partial charge < -0.3 is 14.6 Å². The molecule has 0 spiro atoms. The van der Waals surface area contributed by atoms with Crippen molar-refractivity contribution in [2.75, 3.05) is 39.5 Å². The Hall–Kier alpha value is -2.54. The van der Waals surface area contributed by atoms with Crippen LogP contribution in [0.3, 0.4) is 0 Å². The van der Waals surface area contributed by atoms with Gasteiger partial charge in [-0.3, -0.25) is 9.88 Å². The molecule has 0 bridgehead atoms. The van der Waals surface area contributed by atoms with Crippen molar-refractivity contribution >= 4 is 10.8 Å². The minimum absolute atomic E-state index is 0.158. The molecule has 1 N–H and O–H groups in total. The van der Waals surface area contributed by atoms with Crippen molar-refractivity contribution < 1.29 is 19.0 Å². The van der Waals surface area contributed by atoms with Crippen molar-refractivity contribution in [3.8, 4) is 16.9 Å². The fourth-order valence-electron chi connectivity index (χ4n) is 3.54. The Morgan fingerprint density at radius 1 is 1.14 bits per heavy atom. The Morgan fingerprint density at radius 3 is 2.79 bits per heavy atom. The minimum Gasteiger partial charge on any atom is -0.490 e. The van der Waals surface area contributed by atoms with Crippen LogP contribution in [0.4, 0.5) is 4.39 Å². The summed E-state index contributed by atoms with van der Waals surface area (Å²) in [4.78, 5) is 6.14. The van der Waals surface area contributed by atoms with Gasteiger partial charge in [-0.1, -0.05) is 30.3 Å². The molecule has 1 fully saturated rings. The second kappa shape index (κ2) is 8.65. The van der Waals surface area contributed by atoms with Crippen LogP contribution in [0.5, 0.6) is 5.75 Å². The van der Waals surface area contributed by atoms with Crippen LogP contribution in [0, 0.1) is 5.82 Å². The molecule has 5 nitrogen and oxygen atoms in total. The highest BCUT2D eigenvalue weighted by Gasteiger charge is 2.17. The van der Waals surface area contributed by atoms with E-state index in [4.69, 9.17) is 9.47 Å². The summed E-state index contributed by atoms with van der Waals surface area (Å²) in [6.45, 7) is 3.70. The number of nitrogens with zero attached hydrogens (tertiary/aromatic N) is 2. The highest BCUT2D eigenvalue weighted by Crippen LogP contribution is 2.37. The van der Waals surface area contributed by atoms with Gasteiger partial charge in [0, 0.05) is 37.0 Å². The van der Waals surface area contributed by atoms with Crippen LogP contribution in [0.2, 0.25) is 0 Å². The maximum absolute atomic E-state index is 13.8. The maximum Gasteiger partial charge on any atom is 0.142 e. The molecule has 4 rings (SSSR count). The topological polar surface area (TPSA) is 54.8 Å². The molecule has 28 heavy (non-hydrogen) atoms. The van der Waals surface area contributed by atoms with Gasteiger partial charge in [0.15, 0.2) is 0 Å². The summed E-state index contributed by atoms with van der Waals surface area (Å²) < 4.78 is 25.1. The number of halogens is 1. The average molecular weight is 382 g/mol. The zero-order chi connectivity index (χ0) is 19.3. The van der Waals surface area contributed by atoms with Gasteiger partial charge in [-0.15, -0.1) is 0 Å². The normalized spacial score (nSPS) is 16.2. The first-order chi connectivity index (χ1) is 13.7. The summed E-state index contributed by atoms with van der Waals surface area (Å²) in [5, 5.41) is 12.4. The SMILES string of the molecule is OC(COc1ccc2ccccc2c1-c1cncc(F)c1)CN1CCOCC1. The van der Waals surface area contributed by atoms with E-state index in [9.17, 15) is 9.50 Å². The van der Waals surface area contributed by atoms with Crippen LogP contribution in [-0.4, -0.2) is 60.5 Å². The molecule has 2 heterocycles. The van der Waals surface area contributed by atoms with Crippen LogP contribution in [0.25, 0.3) is 21.9 Å². The molecule has 0 radical (unpaired) electrons. The van der Waals surface area contributed by atoms with E-state index in [0.29, 0.717) is 31.1 Å². The molecule has 1 aromatic heterocycles. The zero-order valence-electron chi connectivity index (χ0n) is 15.6. The fourth-order valence-corrected chi connectivity index (χ4v) is 3.54. The highest BCUT2D eigenvalue weighted by atomic mass is 19.1. The number of fused-ring (bicyclic) bond motifs is 1. The Balaban J connectivity index is 1.58. The van der Waals surface area contributed by atoms with E-state index in [1.165, 1.54) is 12.3 Å². The van der Waals surface area contributed by atoms with E-state index in [1.54, 1.807) is 6.20 Å². The number of ether oxygens (including phenoxy) is 2. The molecule has 3 aromatic rings. The predicted octanol–water partition coefficient (Wildman–Crippen LogP) is 3.11. The molecule has 0 saturated carbocycles. The lowest BCUT2D eigenvalue weighted by Gasteiger charge is -2.28. The average Bonchev–Trinajstić information content (AvgIpc) is 2.72. The second-order valence-electron chi connectivity index (χ2n) is 6.93. The molecule has 1 unspecified atom stereocenters. The van der Waals surface area contributed by atoms with E-state index in [1.807, 2.05) is 36.4 Å². The number of aliphatic hydroxyl groups excluding tert-OH is 1. The van der Waals surface area contributed by atoms with Gasteiger partial charge in [-0.05, 0) is 22.9 Å². The van der Waals surface area contributed by atoms with E-state index < -0.39 is 11.9 Å². The van der Waals surface area contributed by atoms with Gasteiger partial charge in [0.1, 0.15) is 24.3 Å². The summed E-state index contributed by atoms with van der Waals surface area (Å²) in [5.74, 6) is 0.205. The third kappa shape index (κ3) is 4.30. The van der Waals surface area contributed by atoms with E-state index in [0.717, 1.165) is 29.4 Å². The minimum atomic E-state index is -0.622. The largest absolute Gasteiger partial charge is 0.490 e. The third-order valence-corrected chi connectivity index (χ3v) is 4.89. The number of benzene rings is 2. The van der Waals surface area contributed by atoms with Crippen molar-refractivity contribution in [1.29, 1.82) is 0 Å². The van der Waals surface area contributed by atoms with Crippen molar-refractivity contribution in [3.63, 3.8) is 0 Å². The van der Waals surface area contributed by atoms with Gasteiger partial charge in [0.05, 0.1) is 19.4 Å². The number of aromatic nitrogens is 1. The second-order valence-corrected chi connectivity index (χ2v) is 6.93. The van der Waals surface area contributed by atoms with Gasteiger partial charge in [0.2, 0.25) is 0 Å². The van der Waals surface area contributed by atoms with E-state index >= 15 is 0 Å². The van der Waals surface area contributed by atoms with Crippen LogP contribution in [-0.2, 0) is 4.74 Å². The van der Waals surface area contributed by atoms with Crippen molar-refractivity contribution in [2.24, 2.45) is 0 Å². The van der Waals surface area contributed by atoms with Crippen LogP contribution < -0.4 is 4.74 Å². The van der Waals surface area contributed by atoms with Crippen LogP contribution >= 0.6 is 0 Å². The first-order valence-corrected chi connectivity index (χ1v) is 9.44. The quantitative estimate of drug-likeness (QED) is 0.710. The lowest BCUT2D eigenvalue weighted by molar-refractivity contribution is 0.00472. The van der Waals surface area contributed by atoms with Crippen molar-refractivity contribution in [1.82, 2.24) is 9.88 Å². The molecule has 0 aliphatic carbocycles. The molecule has 1 aliphatic rings. The number of hydrogen-bond donors (Lipinski definition) is 1. The molecular weight excluding hydrogens is 359 g/mol. The molecule has 2 aromatic carbocycles. The Morgan fingerprint density at radius 2 is 1.96 bits per heavy atom. The predicted molar refractivity (Wildman–Crippen MR) is 106 cm³/mol. The highest BCUT2D eigenvalue weighted by molar-refractivity contribution is 5.99. The third-order valence-electron chi connectivity index (χ3n) is 4.89. The Bertz CT molecular complexity index is 944. The van der Waals surface area contributed by atoms with E-state index in [-0.39, 0.29) is 6.61 Å². The number of aliphatic hydroxyl groups is 1. The molecule has 0 amide bonds. The number of hydrogen-bond acceptors (Lipinski definition) is 5. The molecule has 1 saturated heterocycles. The van der Waals surface area contributed by atoms with Gasteiger partial charge >= 0.3 is 0 Å². The van der Waals surface area contributed by atoms with E-state index in [2.05, 4.69) is 9.88 Å². The summed E-state index contributed by atoms with van der Waals surface area (Å²) in [6.07, 6.45) is 2.19. The lowest BCUT2D eigenvalue weighted by Crippen LogP contribution is -2.42. The molecule has 146 valence electrons. The number of morpholine rings is 1. The molecule has 1 aliphatic heterocycles. The molecule has 1 atom stereocenters. The zero-order valence-corrected chi connectivity index (χ0v) is 15.6. The Kier molecular flexibility index (Phi) is 5.81. The number of β-amino-alcohol motifs (C(OH)–C–C–N with tert-alkyl or cyclic N) is 1. The Labute approximate surface area is 163 Å². The standard InChI is InChI=1S/C22H23FN2O3/c23-18-11-17(12-24-13-18)22-20-4-2-1-3-16(20)5-6-21(22)28-15-19(26)14-25-7-9-27-10-8-25/h1-6,11-13,19,26H,7-10,14-15H2. The van der Waals surface area contributed by atoms with Crippen molar-refractivity contribution in [3.05, 3.63) is 60.7 Å². The summed E-state index contributed by atoms with van der Waals surface area (Å²) >= 11 is 0.